The van der Waals surface area contributed by atoms with E-state index < -0.39 is 22.8 Å². The third kappa shape index (κ3) is 2.46. The molecule has 0 aliphatic rings. The Morgan fingerprint density at radius 3 is 2.35 bits per heavy atom. The minimum absolute atomic E-state index is 0.0549. The molecule has 1 amide bonds. The van der Waals surface area contributed by atoms with E-state index >= 15 is 0 Å². The van der Waals surface area contributed by atoms with Crippen LogP contribution in [0.15, 0.2) is 16.8 Å². The maximum atomic E-state index is 11.8. The summed E-state index contributed by atoms with van der Waals surface area (Å²) in [5.41, 5.74) is -2.04. The molecule has 1 rings (SSSR count). The molecular formula is C11H16N2O4. The molecule has 6 nitrogen and oxygen atoms in total. The van der Waals surface area contributed by atoms with Gasteiger partial charge in [-0.3, -0.25) is 9.59 Å². The van der Waals surface area contributed by atoms with Crippen LogP contribution >= 0.6 is 0 Å². The number of nitrogens with one attached hydrogen (secondary N) is 1. The van der Waals surface area contributed by atoms with Gasteiger partial charge < -0.3 is 14.9 Å². The Morgan fingerprint density at radius 2 is 1.94 bits per heavy atom. The zero-order chi connectivity index (χ0) is 13.3. The van der Waals surface area contributed by atoms with Crippen molar-refractivity contribution in [3.63, 3.8) is 0 Å². The lowest BCUT2D eigenvalue weighted by molar-refractivity contribution is -0.150. The molecule has 0 aliphatic carbocycles. The largest absolute Gasteiger partial charge is 0.481 e. The monoisotopic (exact) mass is 240 g/mol. The number of carboxylic acid groups (broad SMARTS) is 1. The van der Waals surface area contributed by atoms with Crippen LogP contribution in [-0.2, 0) is 4.79 Å². The van der Waals surface area contributed by atoms with Crippen molar-refractivity contribution in [1.82, 2.24) is 10.5 Å². The SMILES string of the molecule is CC(C)(NC(=O)c1ccno1)C(C)(C)C(=O)O. The maximum Gasteiger partial charge on any atom is 0.311 e. The van der Waals surface area contributed by atoms with E-state index in [2.05, 4.69) is 10.5 Å². The lowest BCUT2D eigenvalue weighted by atomic mass is 9.74. The van der Waals surface area contributed by atoms with Crippen LogP contribution in [-0.4, -0.2) is 27.7 Å². The van der Waals surface area contributed by atoms with Crippen LogP contribution in [0.25, 0.3) is 0 Å². The zero-order valence-corrected chi connectivity index (χ0v) is 10.3. The summed E-state index contributed by atoms with van der Waals surface area (Å²) in [5, 5.41) is 15.2. The topological polar surface area (TPSA) is 92.4 Å². The summed E-state index contributed by atoms with van der Waals surface area (Å²) in [6.07, 6.45) is 1.35. The average molecular weight is 240 g/mol. The first-order valence-corrected chi connectivity index (χ1v) is 5.15. The van der Waals surface area contributed by atoms with Crippen molar-refractivity contribution in [2.75, 3.05) is 0 Å². The number of hydrogen-bond donors (Lipinski definition) is 2. The molecule has 0 unspecified atom stereocenters. The number of aliphatic carboxylic acids is 1. The van der Waals surface area contributed by atoms with Gasteiger partial charge in [0.15, 0.2) is 0 Å². The van der Waals surface area contributed by atoms with Gasteiger partial charge in [-0.05, 0) is 27.7 Å². The zero-order valence-electron chi connectivity index (χ0n) is 10.3. The van der Waals surface area contributed by atoms with Crippen LogP contribution in [0.1, 0.15) is 38.2 Å². The van der Waals surface area contributed by atoms with E-state index in [1.807, 2.05) is 0 Å². The number of aromatic nitrogens is 1. The van der Waals surface area contributed by atoms with Crippen LogP contribution < -0.4 is 5.32 Å². The number of rotatable bonds is 4. The first-order valence-electron chi connectivity index (χ1n) is 5.15. The molecule has 0 radical (unpaired) electrons. The number of nitrogens with zero attached hydrogens (tertiary/aromatic N) is 1. The highest BCUT2D eigenvalue weighted by Crippen LogP contribution is 2.30. The van der Waals surface area contributed by atoms with E-state index in [4.69, 9.17) is 9.63 Å². The second kappa shape index (κ2) is 4.20. The summed E-state index contributed by atoms with van der Waals surface area (Å²) >= 11 is 0. The van der Waals surface area contributed by atoms with Crippen LogP contribution in [0.2, 0.25) is 0 Å². The summed E-state index contributed by atoms with van der Waals surface area (Å²) in [6.45, 7) is 6.40. The second-order valence-corrected chi connectivity index (χ2v) is 4.89. The van der Waals surface area contributed by atoms with Gasteiger partial charge in [-0.1, -0.05) is 5.16 Å². The fourth-order valence-electron chi connectivity index (χ4n) is 1.10. The van der Waals surface area contributed by atoms with Gasteiger partial charge in [-0.2, -0.15) is 0 Å². The van der Waals surface area contributed by atoms with Crippen molar-refractivity contribution in [3.8, 4) is 0 Å². The fourth-order valence-corrected chi connectivity index (χ4v) is 1.10. The minimum Gasteiger partial charge on any atom is -0.481 e. The van der Waals surface area contributed by atoms with E-state index in [0.717, 1.165) is 0 Å². The van der Waals surface area contributed by atoms with Crippen LogP contribution in [0, 0.1) is 5.41 Å². The molecule has 0 aliphatic heterocycles. The quantitative estimate of drug-likeness (QED) is 0.827. The van der Waals surface area contributed by atoms with Crippen molar-refractivity contribution >= 4 is 11.9 Å². The molecule has 0 saturated carbocycles. The average Bonchev–Trinajstić information content (AvgIpc) is 2.68. The first-order chi connectivity index (χ1) is 7.68. The first kappa shape index (κ1) is 13.2. The molecule has 0 saturated heterocycles. The van der Waals surface area contributed by atoms with E-state index in [9.17, 15) is 9.59 Å². The number of amides is 1. The van der Waals surface area contributed by atoms with Gasteiger partial charge in [0.25, 0.3) is 5.91 Å². The van der Waals surface area contributed by atoms with Gasteiger partial charge in [0.2, 0.25) is 5.76 Å². The molecule has 2 N–H and O–H groups in total. The van der Waals surface area contributed by atoms with Gasteiger partial charge in [-0.15, -0.1) is 0 Å². The number of carbonyl (C=O) groups is 2. The molecule has 1 heterocycles. The predicted molar refractivity (Wildman–Crippen MR) is 59.5 cm³/mol. The molecular weight excluding hydrogens is 224 g/mol. The lowest BCUT2D eigenvalue weighted by Crippen LogP contribution is -2.56. The Bertz CT molecular complexity index is 421. The maximum absolute atomic E-state index is 11.8. The standard InChI is InChI=1S/C11H16N2O4/c1-10(2,9(15)16)11(3,4)13-8(14)7-5-6-12-17-7/h5-6H,1-4H3,(H,13,14)(H,15,16). The van der Waals surface area contributed by atoms with Crippen molar-refractivity contribution in [3.05, 3.63) is 18.0 Å². The van der Waals surface area contributed by atoms with Crippen LogP contribution in [0.3, 0.4) is 0 Å². The van der Waals surface area contributed by atoms with E-state index in [1.54, 1.807) is 27.7 Å². The fraction of sp³-hybridized carbons (Fsp3) is 0.545. The minimum atomic E-state index is -1.11. The molecule has 0 atom stereocenters. The third-order valence-corrected chi connectivity index (χ3v) is 3.18. The van der Waals surface area contributed by atoms with Gasteiger partial charge in [0.1, 0.15) is 0 Å². The number of carbonyl (C=O) groups excluding carboxylic acids is 1. The van der Waals surface area contributed by atoms with Crippen molar-refractivity contribution in [1.29, 1.82) is 0 Å². The molecule has 6 heteroatoms. The lowest BCUT2D eigenvalue weighted by Gasteiger charge is -2.38. The Labute approximate surface area is 99.0 Å². The van der Waals surface area contributed by atoms with E-state index in [0.29, 0.717) is 0 Å². The summed E-state index contributed by atoms with van der Waals surface area (Å²) in [6, 6.07) is 1.42. The summed E-state index contributed by atoms with van der Waals surface area (Å²) in [5.74, 6) is -1.42. The molecule has 1 aromatic heterocycles. The highest BCUT2D eigenvalue weighted by molar-refractivity contribution is 5.92. The molecule has 1 aromatic rings. The van der Waals surface area contributed by atoms with Crippen molar-refractivity contribution in [2.24, 2.45) is 5.41 Å². The molecule has 94 valence electrons. The highest BCUT2D eigenvalue weighted by atomic mass is 16.5. The molecule has 0 spiro atoms. The molecule has 17 heavy (non-hydrogen) atoms. The predicted octanol–water partition coefficient (Wildman–Crippen LogP) is 1.29. The Hall–Kier alpha value is -1.85. The normalized spacial score (nSPS) is 12.2. The summed E-state index contributed by atoms with van der Waals surface area (Å²) in [4.78, 5) is 22.9. The molecule has 0 bridgehead atoms. The van der Waals surface area contributed by atoms with Crippen molar-refractivity contribution < 1.29 is 19.2 Å². The molecule has 0 aromatic carbocycles. The summed E-state index contributed by atoms with van der Waals surface area (Å²) in [7, 11) is 0. The Kier molecular flexibility index (Phi) is 3.26. The van der Waals surface area contributed by atoms with Gasteiger partial charge >= 0.3 is 5.97 Å². The number of hydrogen-bond acceptors (Lipinski definition) is 4. The molecule has 0 fully saturated rings. The van der Waals surface area contributed by atoms with Gasteiger partial charge in [-0.25, -0.2) is 0 Å². The van der Waals surface area contributed by atoms with Crippen LogP contribution in [0.5, 0.6) is 0 Å². The smallest absolute Gasteiger partial charge is 0.311 e. The Morgan fingerprint density at radius 1 is 1.35 bits per heavy atom. The van der Waals surface area contributed by atoms with Crippen LogP contribution in [0.4, 0.5) is 0 Å². The third-order valence-electron chi connectivity index (χ3n) is 3.18. The summed E-state index contributed by atoms with van der Waals surface area (Å²) < 4.78 is 4.70. The second-order valence-electron chi connectivity index (χ2n) is 4.89. The van der Waals surface area contributed by atoms with E-state index in [-0.39, 0.29) is 5.76 Å². The van der Waals surface area contributed by atoms with E-state index in [1.165, 1.54) is 12.3 Å². The van der Waals surface area contributed by atoms with Gasteiger partial charge in [0.05, 0.1) is 17.2 Å². The van der Waals surface area contributed by atoms with Crippen molar-refractivity contribution in [2.45, 2.75) is 33.2 Å². The van der Waals surface area contributed by atoms with Gasteiger partial charge in [0, 0.05) is 6.07 Å². The number of carboxylic acids is 1. The Balaban J connectivity index is 2.87. The highest BCUT2D eigenvalue weighted by Gasteiger charge is 2.44.